The fourth-order valence-electron chi connectivity index (χ4n) is 2.18. The van der Waals surface area contributed by atoms with Crippen LogP contribution in [0.5, 0.6) is 5.75 Å². The van der Waals surface area contributed by atoms with Crippen molar-refractivity contribution in [1.82, 2.24) is 4.72 Å². The normalized spacial score (nSPS) is 11.6. The van der Waals surface area contributed by atoms with E-state index in [1.807, 2.05) is 0 Å². The van der Waals surface area contributed by atoms with Crippen LogP contribution in [-0.2, 0) is 16.2 Å². The van der Waals surface area contributed by atoms with Gasteiger partial charge >= 0.3 is 6.18 Å². The standard InChI is InChI=1S/C18H16F3NO3S/c1-13-9-10-16(25-2)17(12-13)26(23,24)22-11-5-7-14-6-3-4-8-15(14)18(19,20)21/h3-4,6,8-10,12,22H,11H2,1-2H3. The average molecular weight is 383 g/mol. The monoisotopic (exact) mass is 383 g/mol. The van der Waals surface area contributed by atoms with Gasteiger partial charge < -0.3 is 4.74 Å². The Kier molecular flexibility index (Phi) is 5.95. The number of nitrogens with one attached hydrogen (secondary N) is 1. The van der Waals surface area contributed by atoms with Crippen molar-refractivity contribution in [3.05, 3.63) is 59.2 Å². The number of aryl methyl sites for hydroxylation is 1. The number of methoxy groups -OCH3 is 1. The zero-order valence-electron chi connectivity index (χ0n) is 14.0. The summed E-state index contributed by atoms with van der Waals surface area (Å²) >= 11 is 0. The highest BCUT2D eigenvalue weighted by Crippen LogP contribution is 2.31. The Morgan fingerprint density at radius 1 is 1.15 bits per heavy atom. The minimum Gasteiger partial charge on any atom is -0.495 e. The van der Waals surface area contributed by atoms with E-state index in [4.69, 9.17) is 4.74 Å². The topological polar surface area (TPSA) is 55.4 Å². The Labute approximate surface area is 150 Å². The van der Waals surface area contributed by atoms with E-state index in [1.165, 1.54) is 37.4 Å². The van der Waals surface area contributed by atoms with E-state index in [-0.39, 0.29) is 22.8 Å². The molecule has 1 N–H and O–H groups in total. The lowest BCUT2D eigenvalue weighted by atomic mass is 10.1. The lowest BCUT2D eigenvalue weighted by Crippen LogP contribution is -2.24. The third-order valence-corrected chi connectivity index (χ3v) is 4.84. The molecule has 0 aromatic heterocycles. The first-order chi connectivity index (χ1) is 12.1. The van der Waals surface area contributed by atoms with E-state index >= 15 is 0 Å². The van der Waals surface area contributed by atoms with Crippen molar-refractivity contribution in [3.63, 3.8) is 0 Å². The summed E-state index contributed by atoms with van der Waals surface area (Å²) in [5.41, 5.74) is -0.362. The summed E-state index contributed by atoms with van der Waals surface area (Å²) in [5, 5.41) is 0. The lowest BCUT2D eigenvalue weighted by molar-refractivity contribution is -0.137. The van der Waals surface area contributed by atoms with Gasteiger partial charge in [0.25, 0.3) is 0 Å². The zero-order chi connectivity index (χ0) is 19.4. The van der Waals surface area contributed by atoms with Crippen molar-refractivity contribution in [1.29, 1.82) is 0 Å². The summed E-state index contributed by atoms with van der Waals surface area (Å²) in [5.74, 6) is 4.93. The Morgan fingerprint density at radius 3 is 2.50 bits per heavy atom. The van der Waals surface area contributed by atoms with E-state index in [9.17, 15) is 21.6 Å². The van der Waals surface area contributed by atoms with Crippen LogP contribution in [0.2, 0.25) is 0 Å². The second kappa shape index (κ2) is 7.81. The van der Waals surface area contributed by atoms with Crippen molar-refractivity contribution in [2.75, 3.05) is 13.7 Å². The smallest absolute Gasteiger partial charge is 0.417 e. The maximum atomic E-state index is 12.9. The molecular weight excluding hydrogens is 367 g/mol. The summed E-state index contributed by atoms with van der Waals surface area (Å²) < 4.78 is 70.7. The van der Waals surface area contributed by atoms with E-state index in [0.29, 0.717) is 0 Å². The first-order valence-corrected chi connectivity index (χ1v) is 8.93. The predicted molar refractivity (Wildman–Crippen MR) is 91.2 cm³/mol. The van der Waals surface area contributed by atoms with Crippen LogP contribution in [0, 0.1) is 18.8 Å². The molecule has 0 spiro atoms. The minimum atomic E-state index is -4.53. The van der Waals surface area contributed by atoms with Gasteiger partial charge in [-0.15, -0.1) is 0 Å². The highest BCUT2D eigenvalue weighted by molar-refractivity contribution is 7.89. The first-order valence-electron chi connectivity index (χ1n) is 7.44. The van der Waals surface area contributed by atoms with E-state index < -0.39 is 21.8 Å². The molecule has 0 amide bonds. The molecule has 0 unspecified atom stereocenters. The summed E-state index contributed by atoms with van der Waals surface area (Å²) in [6.07, 6.45) is -4.53. The Hall–Kier alpha value is -2.50. The molecule has 0 atom stereocenters. The second-order valence-corrected chi connectivity index (χ2v) is 7.06. The van der Waals surface area contributed by atoms with Crippen molar-refractivity contribution in [2.24, 2.45) is 0 Å². The molecule has 0 aliphatic rings. The fourth-order valence-corrected chi connectivity index (χ4v) is 3.36. The van der Waals surface area contributed by atoms with Crippen LogP contribution in [0.4, 0.5) is 13.2 Å². The highest BCUT2D eigenvalue weighted by Gasteiger charge is 2.32. The summed E-state index contributed by atoms with van der Waals surface area (Å²) in [7, 11) is -2.57. The van der Waals surface area contributed by atoms with Crippen molar-refractivity contribution < 1.29 is 26.3 Å². The third-order valence-electron chi connectivity index (χ3n) is 3.41. The maximum Gasteiger partial charge on any atom is 0.417 e. The Morgan fingerprint density at radius 2 is 1.85 bits per heavy atom. The Balaban J connectivity index is 2.20. The van der Waals surface area contributed by atoms with Crippen LogP contribution in [0.3, 0.4) is 0 Å². The largest absolute Gasteiger partial charge is 0.495 e. The number of alkyl halides is 3. The minimum absolute atomic E-state index is 0.0579. The molecule has 0 fully saturated rings. The molecule has 4 nitrogen and oxygen atoms in total. The molecule has 2 rings (SSSR count). The number of sulfonamides is 1. The number of rotatable bonds is 4. The number of benzene rings is 2. The fraction of sp³-hybridized carbons (Fsp3) is 0.222. The molecule has 0 aliphatic heterocycles. The summed E-state index contributed by atoms with van der Waals surface area (Å²) in [4.78, 5) is -0.0579. The molecular formula is C18H16F3NO3S. The maximum absolute atomic E-state index is 12.9. The second-order valence-electron chi connectivity index (χ2n) is 5.32. The van der Waals surface area contributed by atoms with Gasteiger partial charge in [0.15, 0.2) is 0 Å². The predicted octanol–water partition coefficient (Wildman–Crippen LogP) is 3.35. The molecule has 0 bridgehead atoms. The van der Waals surface area contributed by atoms with Crippen LogP contribution in [0.25, 0.3) is 0 Å². The van der Waals surface area contributed by atoms with E-state index in [1.54, 1.807) is 13.0 Å². The first kappa shape index (κ1) is 19.8. The van der Waals surface area contributed by atoms with Crippen molar-refractivity contribution in [2.45, 2.75) is 18.0 Å². The van der Waals surface area contributed by atoms with Gasteiger partial charge in [0.1, 0.15) is 10.6 Å². The number of ether oxygens (including phenoxy) is 1. The molecule has 26 heavy (non-hydrogen) atoms. The van der Waals surface area contributed by atoms with Gasteiger partial charge in [0, 0.05) is 5.56 Å². The van der Waals surface area contributed by atoms with Gasteiger partial charge in [-0.2, -0.15) is 17.9 Å². The van der Waals surface area contributed by atoms with Gasteiger partial charge in [0.2, 0.25) is 10.0 Å². The van der Waals surface area contributed by atoms with E-state index in [2.05, 4.69) is 16.6 Å². The van der Waals surface area contributed by atoms with Crippen LogP contribution < -0.4 is 9.46 Å². The zero-order valence-corrected chi connectivity index (χ0v) is 14.8. The summed E-state index contributed by atoms with van der Waals surface area (Å²) in [6.45, 7) is 1.39. The quantitative estimate of drug-likeness (QED) is 0.824. The summed E-state index contributed by atoms with van der Waals surface area (Å²) in [6, 6.07) is 9.51. The van der Waals surface area contributed by atoms with Gasteiger partial charge in [-0.1, -0.05) is 30.0 Å². The van der Waals surface area contributed by atoms with Gasteiger partial charge in [0.05, 0.1) is 19.2 Å². The number of halogens is 3. The van der Waals surface area contributed by atoms with Crippen LogP contribution in [-0.4, -0.2) is 22.1 Å². The highest BCUT2D eigenvalue weighted by atomic mass is 32.2. The van der Waals surface area contributed by atoms with Crippen LogP contribution >= 0.6 is 0 Å². The molecule has 0 saturated heterocycles. The van der Waals surface area contributed by atoms with Crippen molar-refractivity contribution >= 4 is 10.0 Å². The van der Waals surface area contributed by atoms with Gasteiger partial charge in [-0.25, -0.2) is 8.42 Å². The molecule has 0 heterocycles. The molecule has 0 radical (unpaired) electrons. The molecule has 2 aromatic rings. The molecule has 0 aliphatic carbocycles. The molecule has 8 heteroatoms. The lowest BCUT2D eigenvalue weighted by Gasteiger charge is -2.10. The molecule has 0 saturated carbocycles. The third kappa shape index (κ3) is 4.77. The number of hydrogen-bond donors (Lipinski definition) is 1. The van der Waals surface area contributed by atoms with Crippen LogP contribution in [0.1, 0.15) is 16.7 Å². The number of hydrogen-bond acceptors (Lipinski definition) is 3. The van der Waals surface area contributed by atoms with Crippen LogP contribution in [0.15, 0.2) is 47.4 Å². The van der Waals surface area contributed by atoms with E-state index in [0.717, 1.165) is 11.6 Å². The van der Waals surface area contributed by atoms with Crippen molar-refractivity contribution in [3.8, 4) is 17.6 Å². The average Bonchev–Trinajstić information content (AvgIpc) is 2.58. The van der Waals surface area contributed by atoms with Gasteiger partial charge in [-0.05, 0) is 36.8 Å². The van der Waals surface area contributed by atoms with Gasteiger partial charge in [-0.3, -0.25) is 0 Å². The SMILES string of the molecule is COc1ccc(C)cc1S(=O)(=O)NCC#Cc1ccccc1C(F)(F)F. The molecule has 2 aromatic carbocycles. The Bertz CT molecular complexity index is 958. The molecule has 138 valence electrons.